The van der Waals surface area contributed by atoms with Gasteiger partial charge in [-0.2, -0.15) is 0 Å². The molecule has 8 heavy (non-hydrogen) atoms. The van der Waals surface area contributed by atoms with E-state index in [-0.39, 0.29) is 5.84 Å². The highest BCUT2D eigenvalue weighted by Gasteiger charge is 2.08. The molecule has 46 valence electrons. The third-order valence-electron chi connectivity index (χ3n) is 0.511. The Bertz CT molecular complexity index is 111. The molecule has 0 spiro atoms. The Morgan fingerprint density at radius 3 is 2.50 bits per heavy atom. The van der Waals surface area contributed by atoms with E-state index >= 15 is 0 Å². The first kappa shape index (κ1) is 6.94. The van der Waals surface area contributed by atoms with E-state index in [1.807, 2.05) is 0 Å². The normalized spacial score (nSPS) is 8.12. The lowest BCUT2D eigenvalue weighted by Crippen LogP contribution is -2.51. The Labute approximate surface area is 47.1 Å². The molecule has 0 aliphatic carbocycles. The molecule has 4 heteroatoms. The van der Waals surface area contributed by atoms with Crippen molar-refractivity contribution in [3.63, 3.8) is 0 Å². The predicted molar refractivity (Wildman–Crippen MR) is 27.8 cm³/mol. The van der Waals surface area contributed by atoms with Gasteiger partial charge < -0.3 is 4.74 Å². The summed E-state index contributed by atoms with van der Waals surface area (Å²) in [7, 11) is 0. The molecule has 0 aromatic rings. The quantitative estimate of drug-likeness (QED) is 0.229. The molecule has 0 rings (SSSR count). The molecule has 0 fully saturated rings. The fraction of sp³-hybridized carbons (Fsp3) is 0.500. The van der Waals surface area contributed by atoms with Gasteiger partial charge in [-0.1, -0.05) is 0 Å². The lowest BCUT2D eigenvalue weighted by Gasteiger charge is -1.91. The van der Waals surface area contributed by atoms with E-state index in [2.05, 4.69) is 4.74 Å². The summed E-state index contributed by atoms with van der Waals surface area (Å²) in [5.74, 6) is -0.945. The summed E-state index contributed by atoms with van der Waals surface area (Å²) >= 11 is 0. The summed E-state index contributed by atoms with van der Waals surface area (Å²) in [5.41, 5.74) is 4.84. The molecule has 0 aromatic heterocycles. The van der Waals surface area contributed by atoms with Crippen molar-refractivity contribution in [1.82, 2.24) is 0 Å². The Morgan fingerprint density at radius 2 is 2.38 bits per heavy atom. The molecular formula is C4H9N2O2+. The molecule has 0 heterocycles. The first-order valence-corrected chi connectivity index (χ1v) is 2.23. The van der Waals surface area contributed by atoms with Gasteiger partial charge in [0.05, 0.1) is 6.61 Å². The molecule has 0 aromatic carbocycles. The van der Waals surface area contributed by atoms with Crippen LogP contribution in [0.1, 0.15) is 6.92 Å². The molecule has 4 nitrogen and oxygen atoms in total. The van der Waals surface area contributed by atoms with E-state index in [4.69, 9.17) is 11.1 Å². The van der Waals surface area contributed by atoms with E-state index in [1.54, 1.807) is 6.92 Å². The van der Waals surface area contributed by atoms with Crippen molar-refractivity contribution in [2.45, 2.75) is 6.92 Å². The number of hydrogen-bond acceptors (Lipinski definition) is 2. The first-order valence-electron chi connectivity index (χ1n) is 2.23. The second-order valence-electron chi connectivity index (χ2n) is 1.18. The highest BCUT2D eigenvalue weighted by Crippen LogP contribution is 1.70. The third kappa shape index (κ3) is 2.17. The minimum atomic E-state index is -0.646. The second-order valence-corrected chi connectivity index (χ2v) is 1.18. The molecule has 0 aliphatic heterocycles. The maximum atomic E-state index is 10.2. The Morgan fingerprint density at radius 1 is 1.88 bits per heavy atom. The topological polar surface area (TPSA) is 77.9 Å². The van der Waals surface area contributed by atoms with Crippen LogP contribution in [0.2, 0.25) is 0 Å². The van der Waals surface area contributed by atoms with Crippen LogP contribution in [0.5, 0.6) is 0 Å². The van der Waals surface area contributed by atoms with Crippen molar-refractivity contribution in [3.05, 3.63) is 0 Å². The molecule has 0 unspecified atom stereocenters. The van der Waals surface area contributed by atoms with Gasteiger partial charge in [0.2, 0.25) is 0 Å². The van der Waals surface area contributed by atoms with Gasteiger partial charge in [-0.15, -0.1) is 0 Å². The maximum absolute atomic E-state index is 10.2. The molecule has 0 saturated carbocycles. The van der Waals surface area contributed by atoms with Crippen LogP contribution in [-0.2, 0) is 9.53 Å². The van der Waals surface area contributed by atoms with Crippen molar-refractivity contribution >= 4 is 11.8 Å². The average Bonchev–Trinajstić information content (AvgIpc) is 1.67. The Kier molecular flexibility index (Phi) is 2.61. The fourth-order valence-corrected chi connectivity index (χ4v) is 0.214. The lowest BCUT2D eigenvalue weighted by atomic mass is 10.6. The maximum Gasteiger partial charge on any atom is 0.420 e. The van der Waals surface area contributed by atoms with Crippen molar-refractivity contribution < 1.29 is 14.9 Å². The summed E-state index contributed by atoms with van der Waals surface area (Å²) in [6.45, 7) is 1.98. The van der Waals surface area contributed by atoms with Crippen LogP contribution in [0.4, 0.5) is 0 Å². The van der Waals surface area contributed by atoms with Gasteiger partial charge in [-0.3, -0.25) is 11.1 Å². The van der Waals surface area contributed by atoms with Gasteiger partial charge in [-0.05, 0) is 6.92 Å². The van der Waals surface area contributed by atoms with Gasteiger partial charge in [0.15, 0.2) is 0 Å². The largest absolute Gasteiger partial charge is 0.457 e. The van der Waals surface area contributed by atoms with Gasteiger partial charge >= 0.3 is 11.8 Å². The Balaban J connectivity index is 3.49. The lowest BCUT2D eigenvalue weighted by molar-refractivity contribution is -0.153. The number of carbonyl (C=O) groups is 1. The second kappa shape index (κ2) is 3.01. The number of rotatable bonds is 1. The Hall–Kier alpha value is -1.06. The first-order chi connectivity index (χ1) is 3.68. The van der Waals surface area contributed by atoms with Crippen LogP contribution in [0.3, 0.4) is 0 Å². The van der Waals surface area contributed by atoms with Gasteiger partial charge in [0, 0.05) is 0 Å². The molecule has 0 saturated heterocycles. The van der Waals surface area contributed by atoms with Gasteiger partial charge in [0.1, 0.15) is 0 Å². The average molecular weight is 117 g/mol. The zero-order valence-corrected chi connectivity index (χ0v) is 4.68. The summed E-state index contributed by atoms with van der Waals surface area (Å²) in [6, 6.07) is 0. The number of amidine groups is 1. The van der Waals surface area contributed by atoms with Crippen LogP contribution >= 0.6 is 0 Å². The van der Waals surface area contributed by atoms with Gasteiger partial charge in [0.25, 0.3) is 0 Å². The van der Waals surface area contributed by atoms with Crippen LogP contribution < -0.4 is 11.1 Å². The van der Waals surface area contributed by atoms with Crippen LogP contribution in [0.15, 0.2) is 0 Å². The van der Waals surface area contributed by atoms with E-state index < -0.39 is 5.97 Å². The SMILES string of the molecule is CCOC(=O)C(N)=[NH2+]. The van der Waals surface area contributed by atoms with Crippen molar-refractivity contribution in [1.29, 1.82) is 0 Å². The summed E-state index contributed by atoms with van der Waals surface area (Å²) in [4.78, 5) is 10.2. The molecular weight excluding hydrogens is 108 g/mol. The standard InChI is InChI=1S/C4H8N2O2/c1-2-8-4(7)3(5)6/h2H2,1H3,(H3,5,6)/p+1. The highest BCUT2D eigenvalue weighted by molar-refractivity contribution is 6.31. The summed E-state index contributed by atoms with van der Waals surface area (Å²) in [5, 5.41) is 4.84. The van der Waals surface area contributed by atoms with Crippen molar-refractivity contribution in [2.75, 3.05) is 6.61 Å². The van der Waals surface area contributed by atoms with Gasteiger partial charge in [-0.25, -0.2) is 4.79 Å². The number of esters is 1. The fourth-order valence-electron chi connectivity index (χ4n) is 0.214. The summed E-state index contributed by atoms with van der Waals surface area (Å²) < 4.78 is 4.38. The van der Waals surface area contributed by atoms with E-state index in [0.717, 1.165) is 0 Å². The zero-order valence-electron chi connectivity index (χ0n) is 4.68. The summed E-state index contributed by atoms with van der Waals surface area (Å²) in [6.07, 6.45) is 0. The molecule has 0 aliphatic rings. The minimum absolute atomic E-state index is 0.299. The van der Waals surface area contributed by atoms with Crippen LogP contribution in [-0.4, -0.2) is 18.4 Å². The predicted octanol–water partition coefficient (Wildman–Crippen LogP) is -2.33. The molecule has 0 atom stereocenters. The van der Waals surface area contributed by atoms with E-state index in [9.17, 15) is 4.79 Å². The highest BCUT2D eigenvalue weighted by atomic mass is 16.5. The third-order valence-corrected chi connectivity index (χ3v) is 0.511. The van der Waals surface area contributed by atoms with E-state index in [0.29, 0.717) is 6.61 Å². The zero-order chi connectivity index (χ0) is 6.57. The molecule has 0 radical (unpaired) electrons. The number of hydrogen-bond donors (Lipinski definition) is 2. The number of carbonyl (C=O) groups excluding carboxylic acids is 1. The number of ether oxygens (including phenoxy) is 1. The van der Waals surface area contributed by atoms with E-state index in [1.165, 1.54) is 0 Å². The smallest absolute Gasteiger partial charge is 0.420 e. The van der Waals surface area contributed by atoms with Crippen molar-refractivity contribution in [2.24, 2.45) is 5.73 Å². The molecule has 0 bridgehead atoms. The van der Waals surface area contributed by atoms with Crippen LogP contribution in [0, 0.1) is 0 Å². The molecule has 0 amide bonds. The minimum Gasteiger partial charge on any atom is -0.457 e. The monoisotopic (exact) mass is 117 g/mol. The van der Waals surface area contributed by atoms with Crippen LogP contribution in [0.25, 0.3) is 0 Å². The molecule has 4 N–H and O–H groups in total. The van der Waals surface area contributed by atoms with Crippen molar-refractivity contribution in [3.8, 4) is 0 Å². The number of nitrogens with two attached hydrogens (primary N) is 2.